The van der Waals surface area contributed by atoms with Gasteiger partial charge in [0.15, 0.2) is 9.84 Å². The van der Waals surface area contributed by atoms with E-state index in [1.165, 1.54) is 26.2 Å². The number of rotatable bonds is 5. The molecule has 0 amide bonds. The van der Waals surface area contributed by atoms with Gasteiger partial charge in [-0.3, -0.25) is 4.79 Å². The third-order valence-corrected chi connectivity index (χ3v) is 5.08. The van der Waals surface area contributed by atoms with Crippen molar-refractivity contribution in [3.05, 3.63) is 34.6 Å². The van der Waals surface area contributed by atoms with Crippen molar-refractivity contribution < 1.29 is 22.3 Å². The van der Waals surface area contributed by atoms with E-state index < -0.39 is 26.9 Å². The third kappa shape index (κ3) is 4.47. The van der Waals surface area contributed by atoms with Gasteiger partial charge in [-0.1, -0.05) is 17.7 Å². The minimum absolute atomic E-state index is 0.0660. The van der Waals surface area contributed by atoms with Crippen LogP contribution in [0.4, 0.5) is 4.39 Å². The molecule has 0 spiro atoms. The van der Waals surface area contributed by atoms with Crippen LogP contribution in [0.2, 0.25) is 5.02 Å². The lowest BCUT2D eigenvalue weighted by molar-refractivity contribution is -0.140. The maximum absolute atomic E-state index is 13.2. The molecule has 1 aromatic rings. The van der Waals surface area contributed by atoms with Gasteiger partial charge in [-0.15, -0.1) is 0 Å². The van der Waals surface area contributed by atoms with Crippen LogP contribution in [0.5, 0.6) is 0 Å². The molecule has 0 radical (unpaired) electrons. The lowest BCUT2D eigenvalue weighted by Crippen LogP contribution is -2.23. The zero-order valence-electron chi connectivity index (χ0n) is 10.5. The SMILES string of the molecule is COC(=O)CC(C)S(=O)(=O)Cc1ccc(Cl)c(F)c1. The minimum Gasteiger partial charge on any atom is -0.469 e. The fourth-order valence-corrected chi connectivity index (χ4v) is 2.89. The molecule has 0 aliphatic rings. The molecule has 0 saturated carbocycles. The average molecular weight is 309 g/mol. The van der Waals surface area contributed by atoms with Gasteiger partial charge in [-0.05, 0) is 24.6 Å². The second-order valence-corrected chi connectivity index (χ2v) is 6.97. The lowest BCUT2D eigenvalue weighted by Gasteiger charge is -2.12. The minimum atomic E-state index is -3.56. The summed E-state index contributed by atoms with van der Waals surface area (Å²) < 4.78 is 41.6. The first-order valence-corrected chi connectivity index (χ1v) is 7.58. The van der Waals surface area contributed by atoms with Gasteiger partial charge in [-0.25, -0.2) is 12.8 Å². The van der Waals surface area contributed by atoms with E-state index in [0.717, 1.165) is 6.07 Å². The van der Waals surface area contributed by atoms with Gasteiger partial charge in [0.2, 0.25) is 0 Å². The summed E-state index contributed by atoms with van der Waals surface area (Å²) in [4.78, 5) is 11.1. The van der Waals surface area contributed by atoms with Crippen molar-refractivity contribution in [2.45, 2.75) is 24.3 Å². The van der Waals surface area contributed by atoms with Crippen molar-refractivity contribution in [2.75, 3.05) is 7.11 Å². The van der Waals surface area contributed by atoms with E-state index in [-0.39, 0.29) is 17.2 Å². The first-order valence-electron chi connectivity index (χ1n) is 5.48. The first-order chi connectivity index (χ1) is 8.76. The molecule has 0 heterocycles. The highest BCUT2D eigenvalue weighted by atomic mass is 35.5. The van der Waals surface area contributed by atoms with Crippen LogP contribution in [0.3, 0.4) is 0 Å². The summed E-state index contributed by atoms with van der Waals surface area (Å²) in [5, 5.41) is -0.956. The standard InChI is InChI=1S/C12H14ClFO4S/c1-8(5-12(15)18-2)19(16,17)7-9-3-4-10(13)11(14)6-9/h3-4,6,8H,5,7H2,1-2H3. The predicted molar refractivity (Wildman–Crippen MR) is 70.1 cm³/mol. The summed E-state index contributed by atoms with van der Waals surface area (Å²) in [6, 6.07) is 3.81. The highest BCUT2D eigenvalue weighted by Crippen LogP contribution is 2.19. The number of hydrogen-bond donors (Lipinski definition) is 0. The Balaban J connectivity index is 2.84. The maximum atomic E-state index is 13.2. The molecule has 1 aromatic carbocycles. The predicted octanol–water partition coefficient (Wildman–Crippen LogP) is 2.35. The van der Waals surface area contributed by atoms with Crippen LogP contribution in [-0.4, -0.2) is 26.7 Å². The molecule has 19 heavy (non-hydrogen) atoms. The summed E-state index contributed by atoms with van der Waals surface area (Å²) in [5.41, 5.74) is 0.290. The molecule has 1 unspecified atom stereocenters. The van der Waals surface area contributed by atoms with Crippen LogP contribution in [0, 0.1) is 5.82 Å². The molecule has 7 heteroatoms. The Hall–Kier alpha value is -1.14. The average Bonchev–Trinajstić information content (AvgIpc) is 2.33. The van der Waals surface area contributed by atoms with Crippen LogP contribution in [0.25, 0.3) is 0 Å². The molecule has 4 nitrogen and oxygen atoms in total. The Morgan fingerprint density at radius 2 is 2.11 bits per heavy atom. The van der Waals surface area contributed by atoms with E-state index in [1.54, 1.807) is 0 Å². The molecular formula is C12H14ClFO4S. The van der Waals surface area contributed by atoms with Crippen molar-refractivity contribution in [3.8, 4) is 0 Å². The molecule has 0 aromatic heterocycles. The fraction of sp³-hybridized carbons (Fsp3) is 0.417. The summed E-state index contributed by atoms with van der Waals surface area (Å²) in [6.45, 7) is 1.42. The Labute approximate surface area is 116 Å². The van der Waals surface area contributed by atoms with Crippen LogP contribution in [-0.2, 0) is 25.1 Å². The molecule has 0 aliphatic heterocycles. The molecule has 0 fully saturated rings. The number of esters is 1. The summed E-state index contributed by atoms with van der Waals surface area (Å²) in [6.07, 6.45) is -0.227. The smallest absolute Gasteiger partial charge is 0.306 e. The molecule has 0 bridgehead atoms. The Bertz CT molecular complexity index is 571. The third-order valence-electron chi connectivity index (χ3n) is 2.65. The van der Waals surface area contributed by atoms with Gasteiger partial charge in [0.05, 0.1) is 29.6 Å². The van der Waals surface area contributed by atoms with Gasteiger partial charge in [-0.2, -0.15) is 0 Å². The van der Waals surface area contributed by atoms with Crippen LogP contribution < -0.4 is 0 Å². The summed E-state index contributed by atoms with van der Waals surface area (Å²) in [5.74, 6) is -1.62. The Morgan fingerprint density at radius 1 is 1.47 bits per heavy atom. The van der Waals surface area contributed by atoms with E-state index in [4.69, 9.17) is 11.6 Å². The van der Waals surface area contributed by atoms with E-state index >= 15 is 0 Å². The number of carbonyl (C=O) groups excluding carboxylic acids is 1. The van der Waals surface area contributed by atoms with Crippen molar-refractivity contribution in [2.24, 2.45) is 0 Å². The van der Waals surface area contributed by atoms with Crippen molar-refractivity contribution in [1.82, 2.24) is 0 Å². The van der Waals surface area contributed by atoms with Crippen molar-refractivity contribution >= 4 is 27.4 Å². The zero-order chi connectivity index (χ0) is 14.6. The number of halogens is 2. The number of ether oxygens (including phenoxy) is 1. The maximum Gasteiger partial charge on any atom is 0.306 e. The fourth-order valence-electron chi connectivity index (χ4n) is 1.45. The van der Waals surface area contributed by atoms with Gasteiger partial charge < -0.3 is 4.74 Å². The molecule has 0 saturated heterocycles. The van der Waals surface area contributed by atoms with E-state index in [9.17, 15) is 17.6 Å². The topological polar surface area (TPSA) is 60.4 Å². The number of methoxy groups -OCH3 is 1. The van der Waals surface area contributed by atoms with E-state index in [2.05, 4.69) is 4.74 Å². The summed E-state index contributed by atoms with van der Waals surface area (Å²) >= 11 is 5.52. The van der Waals surface area contributed by atoms with Gasteiger partial charge in [0.25, 0.3) is 0 Å². The second kappa shape index (κ2) is 6.34. The number of sulfone groups is 1. The van der Waals surface area contributed by atoms with Gasteiger partial charge >= 0.3 is 5.97 Å². The molecule has 1 rings (SSSR count). The van der Waals surface area contributed by atoms with E-state index in [0.29, 0.717) is 5.56 Å². The quantitative estimate of drug-likeness (QED) is 0.783. The van der Waals surface area contributed by atoms with Crippen molar-refractivity contribution in [1.29, 1.82) is 0 Å². The molecular weight excluding hydrogens is 295 g/mol. The molecule has 0 N–H and O–H groups in total. The Morgan fingerprint density at radius 3 is 2.63 bits per heavy atom. The summed E-state index contributed by atoms with van der Waals surface area (Å²) in [7, 11) is -2.37. The highest BCUT2D eigenvalue weighted by Gasteiger charge is 2.24. The monoisotopic (exact) mass is 308 g/mol. The van der Waals surface area contributed by atoms with Crippen LogP contribution in [0.15, 0.2) is 18.2 Å². The lowest BCUT2D eigenvalue weighted by atomic mass is 10.2. The molecule has 106 valence electrons. The zero-order valence-corrected chi connectivity index (χ0v) is 12.1. The van der Waals surface area contributed by atoms with Crippen LogP contribution >= 0.6 is 11.6 Å². The number of hydrogen-bond acceptors (Lipinski definition) is 4. The molecule has 1 atom stereocenters. The number of benzene rings is 1. The van der Waals surface area contributed by atoms with E-state index in [1.807, 2.05) is 0 Å². The first kappa shape index (κ1) is 15.9. The largest absolute Gasteiger partial charge is 0.469 e. The normalized spacial score (nSPS) is 13.1. The number of carbonyl (C=O) groups is 1. The molecule has 0 aliphatic carbocycles. The highest BCUT2D eigenvalue weighted by molar-refractivity contribution is 7.91. The Kier molecular flexibility index (Phi) is 5.31. The van der Waals surface area contributed by atoms with Crippen molar-refractivity contribution in [3.63, 3.8) is 0 Å². The van der Waals surface area contributed by atoms with Gasteiger partial charge in [0, 0.05) is 0 Å². The van der Waals surface area contributed by atoms with Crippen LogP contribution in [0.1, 0.15) is 18.9 Å². The second-order valence-electron chi connectivity index (χ2n) is 4.15. The van der Waals surface area contributed by atoms with Gasteiger partial charge in [0.1, 0.15) is 5.82 Å².